The van der Waals surface area contributed by atoms with E-state index < -0.39 is 0 Å². The summed E-state index contributed by atoms with van der Waals surface area (Å²) >= 11 is 0. The van der Waals surface area contributed by atoms with Gasteiger partial charge in [-0.3, -0.25) is 10.1 Å². The van der Waals surface area contributed by atoms with E-state index in [0.29, 0.717) is 11.7 Å². The maximum absolute atomic E-state index is 12.3. The third kappa shape index (κ3) is 5.89. The van der Waals surface area contributed by atoms with Crippen LogP contribution in [0.3, 0.4) is 0 Å². The maximum atomic E-state index is 12.3. The summed E-state index contributed by atoms with van der Waals surface area (Å²) in [6.45, 7) is 6.32. The van der Waals surface area contributed by atoms with Gasteiger partial charge in [0.1, 0.15) is 0 Å². The van der Waals surface area contributed by atoms with Crippen LogP contribution in [-0.2, 0) is 18.3 Å². The number of amides is 1. The van der Waals surface area contributed by atoms with Crippen LogP contribution in [-0.4, -0.2) is 10.9 Å². The highest BCUT2D eigenvalue weighted by Gasteiger charge is 2.17. The standard InChI is InChI=1S/C18H23N3O.HI/c1-13(2)11-15-5-7-16(8-6-15)14(3)18(22)20-17-9-10-21(4)12-19-17;/h5-10,12-14H,11H2,1-4H3;1H. The van der Waals surface area contributed by atoms with Crippen molar-refractivity contribution in [2.24, 2.45) is 13.0 Å². The summed E-state index contributed by atoms with van der Waals surface area (Å²) in [5.41, 5.74) is 2.33. The molecule has 0 radical (unpaired) electrons. The van der Waals surface area contributed by atoms with Crippen molar-refractivity contribution in [1.82, 2.24) is 4.98 Å². The van der Waals surface area contributed by atoms with Crippen molar-refractivity contribution < 1.29 is 33.3 Å². The molecule has 1 amide bonds. The largest absolute Gasteiger partial charge is 1.00 e. The Morgan fingerprint density at radius 2 is 1.83 bits per heavy atom. The van der Waals surface area contributed by atoms with Crippen LogP contribution in [0.25, 0.3) is 0 Å². The number of hydrogen-bond donors (Lipinski definition) is 1. The van der Waals surface area contributed by atoms with Gasteiger partial charge >= 0.3 is 0 Å². The zero-order valence-electron chi connectivity index (χ0n) is 14.1. The van der Waals surface area contributed by atoms with Crippen molar-refractivity contribution in [2.75, 3.05) is 5.32 Å². The number of carbonyl (C=O) groups is 1. The molecule has 1 atom stereocenters. The van der Waals surface area contributed by atoms with Gasteiger partial charge < -0.3 is 24.0 Å². The van der Waals surface area contributed by atoms with E-state index in [1.165, 1.54) is 5.56 Å². The Labute approximate surface area is 155 Å². The van der Waals surface area contributed by atoms with Crippen LogP contribution < -0.4 is 33.9 Å². The number of hydrogen-bond acceptors (Lipinski definition) is 2. The molecule has 1 unspecified atom stereocenters. The molecule has 1 N–H and O–H groups in total. The van der Waals surface area contributed by atoms with Gasteiger partial charge in [0, 0.05) is 6.07 Å². The first-order valence-corrected chi connectivity index (χ1v) is 7.66. The van der Waals surface area contributed by atoms with Crippen LogP contribution in [0.2, 0.25) is 0 Å². The number of nitrogens with one attached hydrogen (secondary N) is 1. The zero-order valence-corrected chi connectivity index (χ0v) is 16.2. The molecule has 1 aromatic heterocycles. The number of benzene rings is 1. The minimum atomic E-state index is -0.205. The smallest absolute Gasteiger partial charge is 0.288 e. The number of rotatable bonds is 5. The minimum absolute atomic E-state index is 0. The lowest BCUT2D eigenvalue weighted by atomic mass is 9.96. The lowest BCUT2D eigenvalue weighted by Gasteiger charge is -2.12. The van der Waals surface area contributed by atoms with Crippen LogP contribution in [0, 0.1) is 5.92 Å². The van der Waals surface area contributed by atoms with E-state index in [4.69, 9.17) is 0 Å². The summed E-state index contributed by atoms with van der Waals surface area (Å²) < 4.78 is 1.83. The Kier molecular flexibility index (Phi) is 7.61. The molecule has 1 aromatic carbocycles. The van der Waals surface area contributed by atoms with Gasteiger partial charge in [0.2, 0.25) is 5.91 Å². The molecule has 0 bridgehead atoms. The van der Waals surface area contributed by atoms with Crippen LogP contribution in [0.5, 0.6) is 0 Å². The highest BCUT2D eigenvalue weighted by atomic mass is 127. The third-order valence-electron chi connectivity index (χ3n) is 3.61. The van der Waals surface area contributed by atoms with Gasteiger partial charge in [0.15, 0.2) is 0 Å². The lowest BCUT2D eigenvalue weighted by molar-refractivity contribution is -0.674. The molecule has 2 aromatic rings. The summed E-state index contributed by atoms with van der Waals surface area (Å²) in [5, 5.41) is 2.85. The van der Waals surface area contributed by atoms with Crippen molar-refractivity contribution in [3.8, 4) is 0 Å². The Morgan fingerprint density at radius 3 is 2.35 bits per heavy atom. The molecule has 2 rings (SSSR count). The van der Waals surface area contributed by atoms with Crippen molar-refractivity contribution >= 4 is 11.7 Å². The average molecular weight is 425 g/mol. The Hall–Kier alpha value is -1.50. The van der Waals surface area contributed by atoms with Crippen molar-refractivity contribution in [3.05, 3.63) is 54.0 Å². The molecule has 0 saturated heterocycles. The monoisotopic (exact) mass is 425 g/mol. The number of aryl methyl sites for hydroxylation is 1. The quantitative estimate of drug-likeness (QED) is 0.535. The zero-order chi connectivity index (χ0) is 16.1. The van der Waals surface area contributed by atoms with Gasteiger partial charge in [-0.1, -0.05) is 38.1 Å². The molecule has 124 valence electrons. The predicted molar refractivity (Wildman–Crippen MR) is 87.4 cm³/mol. The second kappa shape index (κ2) is 8.96. The van der Waals surface area contributed by atoms with Crippen molar-refractivity contribution in [3.63, 3.8) is 0 Å². The van der Waals surface area contributed by atoms with Gasteiger partial charge in [-0.25, -0.2) is 4.57 Å². The number of halogens is 1. The van der Waals surface area contributed by atoms with E-state index >= 15 is 0 Å². The maximum Gasteiger partial charge on any atom is 0.288 e. The van der Waals surface area contributed by atoms with E-state index in [1.807, 2.05) is 36.9 Å². The fraction of sp³-hybridized carbons (Fsp3) is 0.389. The second-order valence-corrected chi connectivity index (χ2v) is 6.16. The van der Waals surface area contributed by atoms with Crippen LogP contribution in [0.15, 0.2) is 42.9 Å². The van der Waals surface area contributed by atoms with Gasteiger partial charge in [0.05, 0.1) is 19.2 Å². The molecule has 4 nitrogen and oxygen atoms in total. The SMILES string of the molecule is CC(C)Cc1ccc(C(C)C(=O)Nc2cc[n+](C)cn2)cc1.[I-]. The fourth-order valence-electron chi connectivity index (χ4n) is 2.30. The first-order chi connectivity index (χ1) is 10.5. The Morgan fingerprint density at radius 1 is 1.17 bits per heavy atom. The van der Waals surface area contributed by atoms with Crippen LogP contribution in [0.4, 0.5) is 5.82 Å². The fourth-order valence-corrected chi connectivity index (χ4v) is 2.30. The first kappa shape index (κ1) is 19.5. The van der Waals surface area contributed by atoms with Gasteiger partial charge in [-0.2, -0.15) is 0 Å². The molecular formula is C18H24IN3O. The normalized spacial score (nSPS) is 11.7. The van der Waals surface area contributed by atoms with E-state index in [2.05, 4.69) is 36.3 Å². The summed E-state index contributed by atoms with van der Waals surface area (Å²) in [6.07, 6.45) is 4.58. The summed E-state index contributed by atoms with van der Waals surface area (Å²) in [7, 11) is 1.89. The van der Waals surface area contributed by atoms with E-state index in [-0.39, 0.29) is 35.8 Å². The highest BCUT2D eigenvalue weighted by molar-refractivity contribution is 5.94. The van der Waals surface area contributed by atoms with Crippen LogP contribution >= 0.6 is 0 Å². The van der Waals surface area contributed by atoms with Crippen molar-refractivity contribution in [1.29, 1.82) is 0 Å². The molecular weight excluding hydrogens is 401 g/mol. The molecule has 23 heavy (non-hydrogen) atoms. The van der Waals surface area contributed by atoms with Crippen molar-refractivity contribution in [2.45, 2.75) is 33.1 Å². The summed E-state index contributed by atoms with van der Waals surface area (Å²) in [6, 6.07) is 10.1. The summed E-state index contributed by atoms with van der Waals surface area (Å²) in [4.78, 5) is 16.5. The second-order valence-electron chi connectivity index (χ2n) is 6.16. The molecule has 5 heteroatoms. The molecule has 0 aliphatic carbocycles. The van der Waals surface area contributed by atoms with E-state index in [1.54, 1.807) is 12.4 Å². The molecule has 0 spiro atoms. The molecule has 0 aliphatic heterocycles. The Bertz CT molecular complexity index is 624. The molecule has 0 aliphatic rings. The van der Waals surface area contributed by atoms with Crippen LogP contribution in [0.1, 0.15) is 37.8 Å². The predicted octanol–water partition coefficient (Wildman–Crippen LogP) is -0.149. The topological polar surface area (TPSA) is 45.9 Å². The highest BCUT2D eigenvalue weighted by Crippen LogP contribution is 2.19. The summed E-state index contributed by atoms with van der Waals surface area (Å²) in [5.74, 6) is 0.963. The number of nitrogens with zero attached hydrogens (tertiary/aromatic N) is 2. The van der Waals surface area contributed by atoms with Gasteiger partial charge in [-0.15, -0.1) is 0 Å². The number of anilines is 1. The average Bonchev–Trinajstić information content (AvgIpc) is 2.49. The molecule has 0 saturated carbocycles. The first-order valence-electron chi connectivity index (χ1n) is 7.66. The Balaban J connectivity index is 0.00000264. The molecule has 0 fully saturated rings. The number of carbonyl (C=O) groups excluding carboxylic acids is 1. The third-order valence-corrected chi connectivity index (χ3v) is 3.61. The van der Waals surface area contributed by atoms with Gasteiger partial charge in [-0.05, 0) is 35.4 Å². The van der Waals surface area contributed by atoms with E-state index in [0.717, 1.165) is 12.0 Å². The minimum Gasteiger partial charge on any atom is -1.00 e. The number of aromatic nitrogens is 2. The lowest BCUT2D eigenvalue weighted by Crippen LogP contribution is -3.00. The van der Waals surface area contributed by atoms with E-state index in [9.17, 15) is 4.79 Å². The molecule has 1 heterocycles. The van der Waals surface area contributed by atoms with Gasteiger partial charge in [0.25, 0.3) is 12.1 Å².